The van der Waals surface area contributed by atoms with Gasteiger partial charge < -0.3 is 10.6 Å². The van der Waals surface area contributed by atoms with Gasteiger partial charge in [-0.1, -0.05) is 19.4 Å². The Kier molecular flexibility index (Phi) is 4.23. The van der Waals surface area contributed by atoms with Crippen LogP contribution in [0.2, 0.25) is 0 Å². The van der Waals surface area contributed by atoms with E-state index in [1.807, 2.05) is 19.1 Å². The van der Waals surface area contributed by atoms with Crippen LogP contribution in [0.15, 0.2) is 18.2 Å². The minimum absolute atomic E-state index is 0.113. The second-order valence-corrected chi connectivity index (χ2v) is 5.36. The highest BCUT2D eigenvalue weighted by Crippen LogP contribution is 2.28. The van der Waals surface area contributed by atoms with Gasteiger partial charge in [0.25, 0.3) is 0 Å². The molecule has 0 radical (unpaired) electrons. The van der Waals surface area contributed by atoms with E-state index in [0.717, 1.165) is 30.8 Å². The lowest BCUT2D eigenvalue weighted by Gasteiger charge is -2.34. The molecule has 2 rings (SSSR count). The Bertz CT molecular complexity index is 403. The molecule has 2 atom stereocenters. The Labute approximate surface area is 109 Å². The number of piperidine rings is 1. The van der Waals surface area contributed by atoms with E-state index in [4.69, 9.17) is 5.73 Å². The number of anilines is 1. The molecule has 0 aliphatic carbocycles. The summed E-state index contributed by atoms with van der Waals surface area (Å²) in [5.74, 6) is 0.563. The molecule has 2 nitrogen and oxygen atoms in total. The van der Waals surface area contributed by atoms with Crippen LogP contribution in [0.1, 0.15) is 44.7 Å². The van der Waals surface area contributed by atoms with Gasteiger partial charge in [-0.2, -0.15) is 0 Å². The smallest absolute Gasteiger partial charge is 0.146 e. The second-order valence-electron chi connectivity index (χ2n) is 5.36. The Balaban J connectivity index is 2.17. The molecule has 0 bridgehead atoms. The van der Waals surface area contributed by atoms with Crippen LogP contribution < -0.4 is 10.6 Å². The number of rotatable bonds is 3. The zero-order chi connectivity index (χ0) is 13.1. The molecule has 1 aromatic rings. The van der Waals surface area contributed by atoms with Crippen LogP contribution in [0, 0.1) is 11.7 Å². The maximum absolute atomic E-state index is 14.1. The molecule has 0 saturated carbocycles. The largest absolute Gasteiger partial charge is 0.369 e. The third-order valence-corrected chi connectivity index (χ3v) is 3.93. The molecular weight excluding hydrogens is 227 g/mol. The van der Waals surface area contributed by atoms with Crippen LogP contribution >= 0.6 is 0 Å². The highest BCUT2D eigenvalue weighted by atomic mass is 19.1. The van der Waals surface area contributed by atoms with E-state index >= 15 is 0 Å². The van der Waals surface area contributed by atoms with Crippen LogP contribution in [0.4, 0.5) is 10.1 Å². The Morgan fingerprint density at radius 1 is 1.50 bits per heavy atom. The van der Waals surface area contributed by atoms with E-state index in [0.29, 0.717) is 5.92 Å². The number of halogens is 1. The van der Waals surface area contributed by atoms with Crippen molar-refractivity contribution >= 4 is 5.69 Å². The molecule has 2 N–H and O–H groups in total. The molecule has 1 aliphatic rings. The van der Waals surface area contributed by atoms with Gasteiger partial charge in [-0.15, -0.1) is 0 Å². The standard InChI is InChI=1S/C15H23FN2/c1-3-12-5-4-8-18(10-12)15-7-6-13(11(2)17)9-14(15)16/h6-7,9,11-12H,3-5,8,10,17H2,1-2H3/t11-,12?/m0/s1. The summed E-state index contributed by atoms with van der Waals surface area (Å²) >= 11 is 0. The topological polar surface area (TPSA) is 29.3 Å². The van der Waals surface area contributed by atoms with Crippen molar-refractivity contribution in [2.45, 2.75) is 39.2 Å². The molecule has 1 aromatic carbocycles. The first-order chi connectivity index (χ1) is 8.61. The fourth-order valence-corrected chi connectivity index (χ4v) is 2.68. The summed E-state index contributed by atoms with van der Waals surface area (Å²) in [6.45, 7) is 6.03. The normalized spacial score (nSPS) is 22.0. The average molecular weight is 250 g/mol. The summed E-state index contributed by atoms with van der Waals surface area (Å²) in [6.07, 6.45) is 3.61. The van der Waals surface area contributed by atoms with Gasteiger partial charge in [0.05, 0.1) is 5.69 Å². The van der Waals surface area contributed by atoms with E-state index in [2.05, 4.69) is 11.8 Å². The van der Waals surface area contributed by atoms with Crippen molar-refractivity contribution in [2.75, 3.05) is 18.0 Å². The maximum atomic E-state index is 14.1. The van der Waals surface area contributed by atoms with Gasteiger partial charge in [0, 0.05) is 19.1 Å². The van der Waals surface area contributed by atoms with Crippen molar-refractivity contribution in [3.8, 4) is 0 Å². The van der Waals surface area contributed by atoms with Crippen LogP contribution in [0.5, 0.6) is 0 Å². The zero-order valence-corrected chi connectivity index (χ0v) is 11.3. The lowest BCUT2D eigenvalue weighted by molar-refractivity contribution is 0.401. The Morgan fingerprint density at radius 2 is 2.28 bits per heavy atom. The van der Waals surface area contributed by atoms with Crippen molar-refractivity contribution in [3.05, 3.63) is 29.6 Å². The average Bonchev–Trinajstić information content (AvgIpc) is 2.38. The Morgan fingerprint density at radius 3 is 2.89 bits per heavy atom. The van der Waals surface area contributed by atoms with Crippen molar-refractivity contribution in [2.24, 2.45) is 11.7 Å². The summed E-state index contributed by atoms with van der Waals surface area (Å²) in [5.41, 5.74) is 7.37. The molecule has 0 aromatic heterocycles. The summed E-state index contributed by atoms with van der Waals surface area (Å²) in [5, 5.41) is 0. The third-order valence-electron chi connectivity index (χ3n) is 3.93. The van der Waals surface area contributed by atoms with E-state index in [1.54, 1.807) is 6.07 Å². The van der Waals surface area contributed by atoms with Crippen LogP contribution in [-0.4, -0.2) is 13.1 Å². The predicted octanol–water partition coefficient (Wildman–Crippen LogP) is 3.47. The van der Waals surface area contributed by atoms with Crippen LogP contribution in [0.25, 0.3) is 0 Å². The molecule has 3 heteroatoms. The third kappa shape index (κ3) is 2.83. The van der Waals surface area contributed by atoms with Crippen molar-refractivity contribution in [1.82, 2.24) is 0 Å². The number of nitrogens with zero attached hydrogens (tertiary/aromatic N) is 1. The van der Waals surface area contributed by atoms with Gasteiger partial charge >= 0.3 is 0 Å². The van der Waals surface area contributed by atoms with Gasteiger partial charge in [0.2, 0.25) is 0 Å². The quantitative estimate of drug-likeness (QED) is 0.890. The van der Waals surface area contributed by atoms with Crippen LogP contribution in [0.3, 0.4) is 0 Å². The van der Waals surface area contributed by atoms with E-state index < -0.39 is 0 Å². The number of nitrogens with two attached hydrogens (primary N) is 1. The number of hydrogen-bond donors (Lipinski definition) is 1. The zero-order valence-electron chi connectivity index (χ0n) is 11.3. The van der Waals surface area contributed by atoms with Gasteiger partial charge in [-0.25, -0.2) is 4.39 Å². The summed E-state index contributed by atoms with van der Waals surface area (Å²) in [4.78, 5) is 2.18. The van der Waals surface area contributed by atoms with Crippen molar-refractivity contribution in [3.63, 3.8) is 0 Å². The highest BCUT2D eigenvalue weighted by Gasteiger charge is 2.21. The fourth-order valence-electron chi connectivity index (χ4n) is 2.68. The van der Waals surface area contributed by atoms with E-state index in [-0.39, 0.29) is 11.9 Å². The highest BCUT2D eigenvalue weighted by molar-refractivity contribution is 5.50. The van der Waals surface area contributed by atoms with Gasteiger partial charge in [-0.3, -0.25) is 0 Å². The molecule has 1 unspecified atom stereocenters. The SMILES string of the molecule is CCC1CCCN(c2ccc([C@H](C)N)cc2F)C1. The summed E-state index contributed by atoms with van der Waals surface area (Å²) in [7, 11) is 0. The van der Waals surface area contributed by atoms with E-state index in [1.165, 1.54) is 12.8 Å². The maximum Gasteiger partial charge on any atom is 0.146 e. The molecular formula is C15H23FN2. The summed E-state index contributed by atoms with van der Waals surface area (Å²) < 4.78 is 14.1. The van der Waals surface area contributed by atoms with E-state index in [9.17, 15) is 4.39 Å². The molecule has 0 spiro atoms. The van der Waals surface area contributed by atoms with Crippen molar-refractivity contribution in [1.29, 1.82) is 0 Å². The van der Waals surface area contributed by atoms with Crippen LogP contribution in [-0.2, 0) is 0 Å². The molecule has 100 valence electrons. The first-order valence-corrected chi connectivity index (χ1v) is 6.91. The lowest BCUT2D eigenvalue weighted by Crippen LogP contribution is -2.35. The van der Waals surface area contributed by atoms with Gasteiger partial charge in [-0.05, 0) is 43.4 Å². The molecule has 1 saturated heterocycles. The number of benzene rings is 1. The predicted molar refractivity (Wildman–Crippen MR) is 74.2 cm³/mol. The molecule has 18 heavy (non-hydrogen) atoms. The monoisotopic (exact) mass is 250 g/mol. The van der Waals surface area contributed by atoms with Gasteiger partial charge in [0.1, 0.15) is 5.82 Å². The molecule has 1 heterocycles. The number of hydrogen-bond acceptors (Lipinski definition) is 2. The second kappa shape index (κ2) is 5.70. The van der Waals surface area contributed by atoms with Crippen molar-refractivity contribution < 1.29 is 4.39 Å². The van der Waals surface area contributed by atoms with Gasteiger partial charge in [0.15, 0.2) is 0 Å². The molecule has 1 fully saturated rings. The lowest BCUT2D eigenvalue weighted by atomic mass is 9.95. The molecule has 1 aliphatic heterocycles. The molecule has 0 amide bonds. The minimum Gasteiger partial charge on any atom is -0.369 e. The Hall–Kier alpha value is -1.09. The first kappa shape index (κ1) is 13.3. The fraction of sp³-hybridized carbons (Fsp3) is 0.600. The minimum atomic E-state index is -0.137. The first-order valence-electron chi connectivity index (χ1n) is 6.91. The summed E-state index contributed by atoms with van der Waals surface area (Å²) in [6, 6.07) is 5.29.